The summed E-state index contributed by atoms with van der Waals surface area (Å²) < 4.78 is 31.7. The molecule has 4 amide bonds. The number of aromatic amines is 2. The third-order valence-electron chi connectivity index (χ3n) is 10.5. The Morgan fingerprint density at radius 1 is 0.983 bits per heavy atom. The maximum atomic E-state index is 16.1. The number of hydrogen-bond donors (Lipinski definition) is 4. The first-order valence-electron chi connectivity index (χ1n) is 19.4. The molecule has 6 rings (SSSR count). The van der Waals surface area contributed by atoms with Gasteiger partial charge in [0.05, 0.1) is 56.2 Å². The number of benzene rings is 2. The maximum Gasteiger partial charge on any atom is 0.407 e. The topological polar surface area (TPSA) is 184 Å². The first-order chi connectivity index (χ1) is 27.8. The van der Waals surface area contributed by atoms with E-state index in [0.29, 0.717) is 59.3 Å². The van der Waals surface area contributed by atoms with Crippen molar-refractivity contribution in [2.24, 2.45) is 11.8 Å². The van der Waals surface area contributed by atoms with E-state index in [1.54, 1.807) is 34.3 Å². The number of H-pyrrole nitrogens is 2. The lowest BCUT2D eigenvalue weighted by molar-refractivity contribution is -0.136. The highest BCUT2D eigenvalue weighted by Gasteiger charge is 2.38. The van der Waals surface area contributed by atoms with Crippen molar-refractivity contribution in [1.29, 1.82) is 0 Å². The van der Waals surface area contributed by atoms with E-state index < -0.39 is 30.1 Å². The van der Waals surface area contributed by atoms with Crippen LogP contribution in [0.3, 0.4) is 0 Å². The highest BCUT2D eigenvalue weighted by molar-refractivity contribution is 5.87. The van der Waals surface area contributed by atoms with Crippen molar-refractivity contribution < 1.29 is 37.8 Å². The fraction of sp³-hybridized carbons (Fsp3) is 0.429. The fourth-order valence-corrected chi connectivity index (χ4v) is 7.42. The molecule has 0 spiro atoms. The summed E-state index contributed by atoms with van der Waals surface area (Å²) in [6, 6.07) is 7.08. The summed E-state index contributed by atoms with van der Waals surface area (Å²) in [4.78, 5) is 70.2. The molecule has 0 unspecified atom stereocenters. The number of carbonyl (C=O) groups excluding carboxylic acids is 4. The number of likely N-dealkylation sites (tertiary alicyclic amines) is 1. The Hall–Kier alpha value is -6.19. The molecule has 2 aromatic carbocycles. The van der Waals surface area contributed by atoms with Gasteiger partial charge in [-0.25, -0.2) is 23.9 Å². The number of imidazole rings is 2. The van der Waals surface area contributed by atoms with Crippen molar-refractivity contribution in [3.63, 3.8) is 0 Å². The predicted molar refractivity (Wildman–Crippen MR) is 214 cm³/mol. The van der Waals surface area contributed by atoms with Gasteiger partial charge in [-0.3, -0.25) is 9.59 Å². The highest BCUT2D eigenvalue weighted by atomic mass is 19.1. The summed E-state index contributed by atoms with van der Waals surface area (Å²) >= 11 is 0. The fourth-order valence-electron chi connectivity index (χ4n) is 7.42. The van der Waals surface area contributed by atoms with Crippen molar-refractivity contribution >= 4 is 24.0 Å². The monoisotopic (exact) mass is 798 g/mol. The minimum absolute atomic E-state index is 0.125. The van der Waals surface area contributed by atoms with Crippen LogP contribution in [0.2, 0.25) is 0 Å². The largest absolute Gasteiger partial charge is 0.488 e. The van der Waals surface area contributed by atoms with Crippen LogP contribution < -0.4 is 15.4 Å². The molecule has 15 nitrogen and oxygen atoms in total. The van der Waals surface area contributed by atoms with Crippen molar-refractivity contribution in [2.45, 2.75) is 78.2 Å². The summed E-state index contributed by atoms with van der Waals surface area (Å²) in [6.07, 6.45) is 5.72. The van der Waals surface area contributed by atoms with Gasteiger partial charge in [-0.15, -0.1) is 6.58 Å². The Balaban J connectivity index is 1.18. The smallest absolute Gasteiger partial charge is 0.407 e. The van der Waals surface area contributed by atoms with Crippen LogP contribution in [-0.2, 0) is 32.2 Å². The molecule has 2 aromatic heterocycles. The number of methoxy groups -OCH3 is 2. The zero-order valence-electron chi connectivity index (χ0n) is 33.7. The third kappa shape index (κ3) is 8.85. The number of ether oxygens (including phenoxy) is 3. The number of amides is 4. The van der Waals surface area contributed by atoms with Crippen LogP contribution in [0.1, 0.15) is 70.2 Å². The number of rotatable bonds is 14. The zero-order chi connectivity index (χ0) is 41.7. The Bertz CT molecular complexity index is 2160. The molecule has 0 aliphatic carbocycles. The van der Waals surface area contributed by atoms with Gasteiger partial charge in [0.15, 0.2) is 0 Å². The average molecular weight is 799 g/mol. The van der Waals surface area contributed by atoms with Gasteiger partial charge >= 0.3 is 12.2 Å². The molecule has 58 heavy (non-hydrogen) atoms. The second-order valence-corrected chi connectivity index (χ2v) is 15.2. The van der Waals surface area contributed by atoms with Crippen LogP contribution in [-0.4, -0.2) is 93.1 Å². The quantitative estimate of drug-likeness (QED) is 0.104. The predicted octanol–water partition coefficient (Wildman–Crippen LogP) is 6.49. The van der Waals surface area contributed by atoms with E-state index in [4.69, 9.17) is 14.2 Å². The Morgan fingerprint density at radius 3 is 2.36 bits per heavy atom. The van der Waals surface area contributed by atoms with E-state index in [9.17, 15) is 19.2 Å². The molecule has 3 atom stereocenters. The molecule has 0 bridgehead atoms. The van der Waals surface area contributed by atoms with E-state index in [2.05, 4.69) is 37.1 Å². The van der Waals surface area contributed by atoms with Gasteiger partial charge in [-0.1, -0.05) is 45.9 Å². The van der Waals surface area contributed by atoms with E-state index >= 15 is 4.39 Å². The summed E-state index contributed by atoms with van der Waals surface area (Å²) in [7, 11) is 2.51. The number of carbonyl (C=O) groups is 4. The zero-order valence-corrected chi connectivity index (χ0v) is 33.7. The van der Waals surface area contributed by atoms with Gasteiger partial charge in [0.1, 0.15) is 41.9 Å². The first kappa shape index (κ1) is 41.4. The van der Waals surface area contributed by atoms with Crippen molar-refractivity contribution in [1.82, 2.24) is 40.4 Å². The van der Waals surface area contributed by atoms with Crippen LogP contribution in [0.5, 0.6) is 5.75 Å². The van der Waals surface area contributed by atoms with E-state index in [0.717, 1.165) is 29.7 Å². The van der Waals surface area contributed by atoms with Crippen LogP contribution in [0.25, 0.3) is 33.6 Å². The van der Waals surface area contributed by atoms with Gasteiger partial charge in [0.2, 0.25) is 11.8 Å². The van der Waals surface area contributed by atoms with Crippen LogP contribution in [0.15, 0.2) is 55.4 Å². The van der Waals surface area contributed by atoms with Gasteiger partial charge in [0.25, 0.3) is 0 Å². The van der Waals surface area contributed by atoms with E-state index in [1.807, 2.05) is 45.9 Å². The number of nitrogens with zero attached hydrogens (tertiary/aromatic N) is 4. The Morgan fingerprint density at radius 2 is 1.67 bits per heavy atom. The number of hydrogen-bond acceptors (Lipinski definition) is 9. The van der Waals surface area contributed by atoms with Crippen molar-refractivity contribution in [3.8, 4) is 39.4 Å². The van der Waals surface area contributed by atoms with Gasteiger partial charge in [0, 0.05) is 18.7 Å². The molecule has 1 saturated heterocycles. The van der Waals surface area contributed by atoms with E-state index in [1.165, 1.54) is 20.3 Å². The lowest BCUT2D eigenvalue weighted by atomic mass is 9.93. The molecule has 0 saturated carbocycles. The minimum atomic E-state index is -0.809. The highest BCUT2D eigenvalue weighted by Crippen LogP contribution is 2.43. The van der Waals surface area contributed by atoms with Gasteiger partial charge < -0.3 is 44.6 Å². The second-order valence-electron chi connectivity index (χ2n) is 15.2. The molecule has 308 valence electrons. The number of alkyl carbamates (subject to hydrolysis) is 2. The van der Waals surface area contributed by atoms with E-state index in [-0.39, 0.29) is 42.8 Å². The average Bonchev–Trinajstić information content (AvgIpc) is 4.01. The molecule has 16 heteroatoms. The Kier molecular flexibility index (Phi) is 12.8. The molecule has 2 aliphatic heterocycles. The maximum absolute atomic E-state index is 16.1. The normalized spacial score (nSPS) is 15.5. The first-order valence-corrected chi connectivity index (χ1v) is 19.4. The summed E-state index contributed by atoms with van der Waals surface area (Å²) in [5.74, 6) is 0.224. The molecule has 0 radical (unpaired) electrons. The molecule has 4 heterocycles. The number of aromatic nitrogens is 4. The van der Waals surface area contributed by atoms with Gasteiger partial charge in [-0.05, 0) is 66.0 Å². The second kappa shape index (κ2) is 17.9. The van der Waals surface area contributed by atoms with Crippen LogP contribution in [0, 0.1) is 17.7 Å². The van der Waals surface area contributed by atoms with Crippen LogP contribution in [0.4, 0.5) is 14.0 Å². The standard InChI is InChI=1S/C42H51FN8O7/c1-8-9-14-50(39(52)36(23(2)3)48-41(54)56-6)21-34-44-19-31(46-34)26-17-29(43)35-28-13-12-25(16-27(28)22-58-33(35)18-26)30-20-45-38(47-30)32-11-10-15-51(32)40(53)37(24(4)5)49-42(55)57-7/h8,12-13,16-20,23-24,32,36-37H,1,9-11,14-15,21-22H2,2-7H3,(H,44,46)(H,45,47)(H,48,54)(H,49,55)/t32-,36-,37-/m0/s1. The summed E-state index contributed by atoms with van der Waals surface area (Å²) in [5.41, 5.74) is 4.50. The molecular weight excluding hydrogens is 748 g/mol. The molecule has 1 fully saturated rings. The van der Waals surface area contributed by atoms with Gasteiger partial charge in [-0.2, -0.15) is 0 Å². The summed E-state index contributed by atoms with van der Waals surface area (Å²) in [5, 5.41) is 5.30. The van der Waals surface area contributed by atoms with Crippen molar-refractivity contribution in [2.75, 3.05) is 27.3 Å². The van der Waals surface area contributed by atoms with Crippen LogP contribution >= 0.6 is 0 Å². The minimum Gasteiger partial charge on any atom is -0.488 e. The SMILES string of the molecule is C=CCCN(Cc1ncc(-c2cc(F)c3c(c2)OCc2cc(-c4cnc([C@@H]5CCCN5C(=O)[C@@H](NC(=O)OC)C(C)C)[nH]4)ccc2-3)[nH]1)C(=O)[C@@H](NC(=O)OC)C(C)C. The molecule has 4 aromatic rings. The third-order valence-corrected chi connectivity index (χ3v) is 10.5. The Labute approximate surface area is 336 Å². The van der Waals surface area contributed by atoms with Crippen molar-refractivity contribution in [3.05, 3.63) is 78.4 Å². The number of fused-ring (bicyclic) bond motifs is 3. The number of halogens is 1. The molecule has 4 N–H and O–H groups in total. The lowest BCUT2D eigenvalue weighted by Gasteiger charge is -2.30. The number of nitrogens with one attached hydrogen (secondary N) is 4. The molecule has 2 aliphatic rings. The lowest BCUT2D eigenvalue weighted by Crippen LogP contribution is -2.51. The molecular formula is C42H51FN8O7. The summed E-state index contributed by atoms with van der Waals surface area (Å²) in [6.45, 7) is 12.4.